The number of amides is 1. The minimum absolute atomic E-state index is 0.0957. The van der Waals surface area contributed by atoms with Gasteiger partial charge in [-0.1, -0.05) is 0 Å². The molecule has 210 valence electrons. The first kappa shape index (κ1) is 27.3. The van der Waals surface area contributed by atoms with E-state index in [0.717, 1.165) is 42.7 Å². The van der Waals surface area contributed by atoms with Crippen LogP contribution in [0.1, 0.15) is 62.5 Å². The molecule has 1 amide bonds. The van der Waals surface area contributed by atoms with Gasteiger partial charge in [0.25, 0.3) is 0 Å². The van der Waals surface area contributed by atoms with Crippen molar-refractivity contribution in [3.63, 3.8) is 0 Å². The summed E-state index contributed by atoms with van der Waals surface area (Å²) in [6.45, 7) is 6.48. The van der Waals surface area contributed by atoms with Crippen LogP contribution < -0.4 is 10.2 Å². The van der Waals surface area contributed by atoms with Gasteiger partial charge in [-0.05, 0) is 58.9 Å². The SMILES string of the molecule is CN(C)CCn1cc(C2=CC(C(F)(F)F)=C(F)CC2)nc1C1CCN(c2ncnc3c2C(C)(C)C(=O)N3)CC1. The van der Waals surface area contributed by atoms with Gasteiger partial charge in [-0.15, -0.1) is 0 Å². The Bertz CT molecular complexity index is 1330. The van der Waals surface area contributed by atoms with Crippen LogP contribution in [0.25, 0.3) is 5.57 Å². The lowest BCUT2D eigenvalue weighted by Gasteiger charge is -2.34. The van der Waals surface area contributed by atoms with E-state index in [2.05, 4.69) is 20.2 Å². The molecule has 4 heterocycles. The molecule has 1 fully saturated rings. The number of nitrogens with zero attached hydrogens (tertiary/aromatic N) is 6. The van der Waals surface area contributed by atoms with E-state index in [-0.39, 0.29) is 24.7 Å². The van der Waals surface area contributed by atoms with Gasteiger partial charge in [0.1, 0.15) is 29.6 Å². The third kappa shape index (κ3) is 5.18. The summed E-state index contributed by atoms with van der Waals surface area (Å²) in [7, 11) is 3.92. The van der Waals surface area contributed by atoms with E-state index in [0.29, 0.717) is 36.7 Å². The number of imidazole rings is 1. The van der Waals surface area contributed by atoms with Crippen LogP contribution >= 0.6 is 0 Å². The standard InChI is InChI=1S/C27H33F4N7O/c1-26(2)21-22(35-25(26)39)32-15-33-24(21)37-9-7-16(8-10-37)23-34-20(14-38(23)12-11-36(3)4)17-5-6-19(28)18(13-17)27(29,30)31/h13-16H,5-12H2,1-4H3,(H,32,33,35,39). The summed E-state index contributed by atoms with van der Waals surface area (Å²) in [6, 6.07) is 0. The molecule has 0 aromatic carbocycles. The number of aromatic nitrogens is 4. The van der Waals surface area contributed by atoms with E-state index in [1.54, 1.807) is 0 Å². The zero-order valence-electron chi connectivity index (χ0n) is 22.6. The van der Waals surface area contributed by atoms with Gasteiger partial charge >= 0.3 is 6.18 Å². The first-order chi connectivity index (χ1) is 18.4. The predicted octanol–water partition coefficient (Wildman–Crippen LogP) is 4.81. The summed E-state index contributed by atoms with van der Waals surface area (Å²) in [5, 5.41) is 2.84. The van der Waals surface area contributed by atoms with Crippen LogP contribution in [0.2, 0.25) is 0 Å². The molecule has 0 bridgehead atoms. The molecular weight excluding hydrogens is 514 g/mol. The highest BCUT2D eigenvalue weighted by molar-refractivity contribution is 6.06. The Morgan fingerprint density at radius 2 is 1.87 bits per heavy atom. The van der Waals surface area contributed by atoms with Crippen molar-refractivity contribution in [2.45, 2.75) is 63.6 Å². The van der Waals surface area contributed by atoms with Crippen molar-refractivity contribution < 1.29 is 22.4 Å². The van der Waals surface area contributed by atoms with E-state index in [4.69, 9.17) is 4.98 Å². The third-order valence-electron chi connectivity index (χ3n) is 7.87. The second-order valence-corrected chi connectivity index (χ2v) is 11.2. The molecular formula is C27H33F4N7O. The third-order valence-corrected chi connectivity index (χ3v) is 7.87. The first-order valence-electron chi connectivity index (χ1n) is 13.2. The topological polar surface area (TPSA) is 79.2 Å². The molecule has 39 heavy (non-hydrogen) atoms. The second kappa shape index (κ2) is 10.0. The van der Waals surface area contributed by atoms with E-state index < -0.39 is 23.0 Å². The maximum Gasteiger partial charge on any atom is 0.418 e. The number of fused-ring (bicyclic) bond motifs is 1. The Labute approximate surface area is 224 Å². The number of likely N-dealkylation sites (N-methyl/N-ethyl adjacent to an activating group) is 1. The number of nitrogens with one attached hydrogen (secondary N) is 1. The maximum atomic E-state index is 14.0. The van der Waals surface area contributed by atoms with Crippen molar-refractivity contribution in [2.24, 2.45) is 0 Å². The van der Waals surface area contributed by atoms with Gasteiger partial charge in [-0.25, -0.2) is 19.3 Å². The van der Waals surface area contributed by atoms with Crippen LogP contribution in [0.3, 0.4) is 0 Å². The molecule has 3 aliphatic rings. The van der Waals surface area contributed by atoms with Crippen LogP contribution in [0.5, 0.6) is 0 Å². The highest BCUT2D eigenvalue weighted by Gasteiger charge is 2.43. The number of alkyl halides is 3. The number of allylic oxidation sites excluding steroid dienone is 4. The van der Waals surface area contributed by atoms with E-state index >= 15 is 0 Å². The van der Waals surface area contributed by atoms with Gasteiger partial charge in [0.2, 0.25) is 5.91 Å². The lowest BCUT2D eigenvalue weighted by Crippen LogP contribution is -2.37. The minimum Gasteiger partial charge on any atom is -0.356 e. The molecule has 8 nitrogen and oxygen atoms in total. The number of rotatable bonds is 6. The molecule has 0 atom stereocenters. The van der Waals surface area contributed by atoms with Crippen molar-refractivity contribution in [3.05, 3.63) is 47.1 Å². The molecule has 2 aliphatic heterocycles. The van der Waals surface area contributed by atoms with Gasteiger partial charge in [-0.2, -0.15) is 13.2 Å². The summed E-state index contributed by atoms with van der Waals surface area (Å²) in [5.41, 5.74) is -0.276. The Kier molecular flexibility index (Phi) is 7.02. The Morgan fingerprint density at radius 1 is 1.15 bits per heavy atom. The molecule has 5 rings (SSSR count). The Balaban J connectivity index is 1.40. The fourth-order valence-electron chi connectivity index (χ4n) is 5.55. The van der Waals surface area contributed by atoms with Crippen molar-refractivity contribution in [1.29, 1.82) is 0 Å². The van der Waals surface area contributed by atoms with Gasteiger partial charge in [0.05, 0.1) is 22.2 Å². The summed E-state index contributed by atoms with van der Waals surface area (Å²) in [6.07, 6.45) is 0.870. The monoisotopic (exact) mass is 547 g/mol. The molecule has 0 radical (unpaired) electrons. The van der Waals surface area contributed by atoms with Gasteiger partial charge in [0, 0.05) is 44.7 Å². The number of carbonyl (C=O) groups excluding carboxylic acids is 1. The van der Waals surface area contributed by atoms with Gasteiger partial charge < -0.3 is 19.7 Å². The first-order valence-corrected chi connectivity index (χ1v) is 13.2. The summed E-state index contributed by atoms with van der Waals surface area (Å²) in [4.78, 5) is 30.3. The summed E-state index contributed by atoms with van der Waals surface area (Å²) >= 11 is 0. The van der Waals surface area contributed by atoms with E-state index in [9.17, 15) is 22.4 Å². The molecule has 0 unspecified atom stereocenters. The molecule has 2 aromatic heterocycles. The molecule has 12 heteroatoms. The van der Waals surface area contributed by atoms with Crippen molar-refractivity contribution in [2.75, 3.05) is 43.9 Å². The highest BCUT2D eigenvalue weighted by atomic mass is 19.4. The Morgan fingerprint density at radius 3 is 2.54 bits per heavy atom. The zero-order chi connectivity index (χ0) is 28.1. The predicted molar refractivity (Wildman–Crippen MR) is 140 cm³/mol. The molecule has 1 N–H and O–H groups in total. The molecule has 1 saturated heterocycles. The van der Waals surface area contributed by atoms with Crippen molar-refractivity contribution in [1.82, 2.24) is 24.4 Å². The lowest BCUT2D eigenvalue weighted by atomic mass is 9.86. The average molecular weight is 548 g/mol. The smallest absolute Gasteiger partial charge is 0.356 e. The van der Waals surface area contributed by atoms with E-state index in [1.807, 2.05) is 43.6 Å². The van der Waals surface area contributed by atoms with Crippen molar-refractivity contribution >= 4 is 23.1 Å². The molecule has 0 spiro atoms. The quantitative estimate of drug-likeness (QED) is 0.523. The molecule has 0 saturated carbocycles. The van der Waals surface area contributed by atoms with Gasteiger partial charge in [-0.3, -0.25) is 4.79 Å². The van der Waals surface area contributed by atoms with Crippen LogP contribution in [0.15, 0.2) is 30.0 Å². The van der Waals surface area contributed by atoms with Gasteiger partial charge in [0.15, 0.2) is 0 Å². The second-order valence-electron chi connectivity index (χ2n) is 11.2. The number of piperidine rings is 1. The van der Waals surface area contributed by atoms with Crippen molar-refractivity contribution in [3.8, 4) is 0 Å². The Hall–Kier alpha value is -3.28. The number of halogens is 4. The average Bonchev–Trinajstić information content (AvgIpc) is 3.40. The van der Waals surface area contributed by atoms with Crippen LogP contribution in [-0.2, 0) is 16.8 Å². The fraction of sp³-hybridized carbons (Fsp3) is 0.556. The van der Waals surface area contributed by atoms with Crippen LogP contribution in [0, 0.1) is 0 Å². The maximum absolute atomic E-state index is 14.0. The number of anilines is 2. The summed E-state index contributed by atoms with van der Waals surface area (Å²) in [5.74, 6) is 0.997. The molecule has 2 aromatic rings. The fourth-order valence-corrected chi connectivity index (χ4v) is 5.55. The van der Waals surface area contributed by atoms with Crippen LogP contribution in [-0.4, -0.2) is 70.2 Å². The number of hydrogen-bond acceptors (Lipinski definition) is 6. The zero-order valence-corrected chi connectivity index (χ0v) is 22.6. The lowest BCUT2D eigenvalue weighted by molar-refractivity contribution is -0.119. The number of hydrogen-bond donors (Lipinski definition) is 1. The summed E-state index contributed by atoms with van der Waals surface area (Å²) < 4.78 is 56.2. The normalized spacial score (nSPS) is 20.0. The minimum atomic E-state index is -4.74. The highest BCUT2D eigenvalue weighted by Crippen LogP contribution is 2.43. The van der Waals surface area contributed by atoms with Crippen LogP contribution in [0.4, 0.5) is 29.2 Å². The van der Waals surface area contributed by atoms with E-state index in [1.165, 1.54) is 6.33 Å². The molecule has 1 aliphatic carbocycles. The largest absolute Gasteiger partial charge is 0.418 e. The number of carbonyl (C=O) groups is 1.